The second-order valence-electron chi connectivity index (χ2n) is 3.87. The van der Waals surface area contributed by atoms with Gasteiger partial charge in [0.1, 0.15) is 6.61 Å². The van der Waals surface area contributed by atoms with E-state index in [1.165, 1.54) is 5.39 Å². The number of nitrogens with zero attached hydrogens (tertiary/aromatic N) is 1. The van der Waals surface area contributed by atoms with Crippen LogP contribution >= 0.6 is 0 Å². The SMILES string of the molecule is CN(C)CCOc1cc2ccccc2[nH]1. The summed E-state index contributed by atoms with van der Waals surface area (Å²) in [6, 6.07) is 10.2. The lowest BCUT2D eigenvalue weighted by atomic mass is 10.3. The fraction of sp³-hybridized carbons (Fsp3) is 0.333. The second kappa shape index (κ2) is 4.36. The molecule has 1 aromatic heterocycles. The highest BCUT2D eigenvalue weighted by atomic mass is 16.5. The van der Waals surface area contributed by atoms with E-state index in [4.69, 9.17) is 4.74 Å². The number of H-pyrrole nitrogens is 1. The van der Waals surface area contributed by atoms with E-state index in [1.54, 1.807) is 0 Å². The van der Waals surface area contributed by atoms with Crippen molar-refractivity contribution in [1.29, 1.82) is 0 Å². The molecule has 3 heteroatoms. The molecule has 0 amide bonds. The quantitative estimate of drug-likeness (QED) is 0.826. The van der Waals surface area contributed by atoms with Crippen molar-refractivity contribution in [2.24, 2.45) is 0 Å². The zero-order valence-corrected chi connectivity index (χ0v) is 9.16. The summed E-state index contributed by atoms with van der Waals surface area (Å²) in [6.07, 6.45) is 0. The molecule has 0 saturated carbocycles. The molecule has 0 saturated heterocycles. The van der Waals surface area contributed by atoms with Crippen LogP contribution in [-0.4, -0.2) is 37.1 Å². The summed E-state index contributed by atoms with van der Waals surface area (Å²) in [4.78, 5) is 5.33. The lowest BCUT2D eigenvalue weighted by molar-refractivity contribution is 0.255. The van der Waals surface area contributed by atoms with E-state index in [2.05, 4.69) is 16.0 Å². The third kappa shape index (κ3) is 2.50. The average Bonchev–Trinajstić information content (AvgIpc) is 2.59. The van der Waals surface area contributed by atoms with Gasteiger partial charge in [-0.15, -0.1) is 0 Å². The average molecular weight is 204 g/mol. The van der Waals surface area contributed by atoms with Gasteiger partial charge in [-0.2, -0.15) is 0 Å². The zero-order valence-electron chi connectivity index (χ0n) is 9.16. The van der Waals surface area contributed by atoms with E-state index in [9.17, 15) is 0 Å². The van der Waals surface area contributed by atoms with E-state index < -0.39 is 0 Å². The smallest absolute Gasteiger partial charge is 0.191 e. The maximum absolute atomic E-state index is 5.60. The molecule has 80 valence electrons. The molecule has 0 radical (unpaired) electrons. The third-order valence-corrected chi connectivity index (χ3v) is 2.30. The highest BCUT2D eigenvalue weighted by Gasteiger charge is 2.00. The Hall–Kier alpha value is -1.48. The molecule has 2 rings (SSSR count). The Morgan fingerprint density at radius 3 is 2.80 bits per heavy atom. The molecule has 1 N–H and O–H groups in total. The van der Waals surface area contributed by atoms with Gasteiger partial charge in [0.05, 0.1) is 0 Å². The molecule has 1 heterocycles. The number of likely N-dealkylation sites (N-methyl/N-ethyl adjacent to an activating group) is 1. The highest BCUT2D eigenvalue weighted by Crippen LogP contribution is 2.19. The minimum Gasteiger partial charge on any atom is -0.478 e. The van der Waals surface area contributed by atoms with Crippen molar-refractivity contribution >= 4 is 10.9 Å². The van der Waals surface area contributed by atoms with Crippen molar-refractivity contribution < 1.29 is 4.74 Å². The zero-order chi connectivity index (χ0) is 10.7. The fourth-order valence-electron chi connectivity index (χ4n) is 1.46. The van der Waals surface area contributed by atoms with Gasteiger partial charge in [-0.25, -0.2) is 0 Å². The molecule has 0 aliphatic carbocycles. The van der Waals surface area contributed by atoms with Crippen molar-refractivity contribution in [2.45, 2.75) is 0 Å². The van der Waals surface area contributed by atoms with E-state index >= 15 is 0 Å². The summed E-state index contributed by atoms with van der Waals surface area (Å²) >= 11 is 0. The molecule has 15 heavy (non-hydrogen) atoms. The number of benzene rings is 1. The van der Waals surface area contributed by atoms with Gasteiger partial charge in [0.2, 0.25) is 0 Å². The van der Waals surface area contributed by atoms with Gasteiger partial charge in [-0.3, -0.25) is 0 Å². The summed E-state index contributed by atoms with van der Waals surface area (Å²) < 4.78 is 5.60. The van der Waals surface area contributed by atoms with Gasteiger partial charge >= 0.3 is 0 Å². The maximum Gasteiger partial charge on any atom is 0.191 e. The van der Waals surface area contributed by atoms with Crippen LogP contribution in [0.3, 0.4) is 0 Å². The molecule has 0 aliphatic heterocycles. The Kier molecular flexibility index (Phi) is 2.92. The van der Waals surface area contributed by atoms with Crippen LogP contribution in [0.5, 0.6) is 5.88 Å². The maximum atomic E-state index is 5.60. The van der Waals surface area contributed by atoms with Crippen LogP contribution < -0.4 is 4.74 Å². The predicted octanol–water partition coefficient (Wildman–Crippen LogP) is 2.11. The van der Waals surface area contributed by atoms with Crippen LogP contribution in [0.2, 0.25) is 0 Å². The van der Waals surface area contributed by atoms with Gasteiger partial charge in [0.15, 0.2) is 5.88 Å². The van der Waals surface area contributed by atoms with Crippen LogP contribution in [0.25, 0.3) is 10.9 Å². The third-order valence-electron chi connectivity index (χ3n) is 2.30. The summed E-state index contributed by atoms with van der Waals surface area (Å²) in [5, 5.41) is 1.19. The molecule has 0 unspecified atom stereocenters. The number of aromatic amines is 1. The van der Waals surface area contributed by atoms with Crippen molar-refractivity contribution in [1.82, 2.24) is 9.88 Å². The number of fused-ring (bicyclic) bond motifs is 1. The Bertz CT molecular complexity index is 401. The Balaban J connectivity index is 2.03. The van der Waals surface area contributed by atoms with E-state index in [1.807, 2.05) is 38.4 Å². The first-order valence-electron chi connectivity index (χ1n) is 5.11. The van der Waals surface area contributed by atoms with Gasteiger partial charge in [-0.05, 0) is 20.2 Å². The fourth-order valence-corrected chi connectivity index (χ4v) is 1.46. The topological polar surface area (TPSA) is 28.3 Å². The van der Waals surface area contributed by atoms with Crippen LogP contribution in [0, 0.1) is 0 Å². The lowest BCUT2D eigenvalue weighted by Gasteiger charge is -2.09. The molecular formula is C12H16N2O. The Morgan fingerprint density at radius 2 is 2.07 bits per heavy atom. The van der Waals surface area contributed by atoms with E-state index in [0.29, 0.717) is 6.61 Å². The molecule has 0 atom stereocenters. The molecule has 1 aromatic carbocycles. The van der Waals surface area contributed by atoms with E-state index in [0.717, 1.165) is 17.9 Å². The molecule has 0 aliphatic rings. The van der Waals surface area contributed by atoms with Crippen molar-refractivity contribution in [3.8, 4) is 5.88 Å². The first-order valence-corrected chi connectivity index (χ1v) is 5.11. The van der Waals surface area contributed by atoms with E-state index in [-0.39, 0.29) is 0 Å². The van der Waals surface area contributed by atoms with Gasteiger partial charge < -0.3 is 14.6 Å². The van der Waals surface area contributed by atoms with Crippen molar-refractivity contribution in [3.05, 3.63) is 30.3 Å². The number of hydrogen-bond donors (Lipinski definition) is 1. The number of rotatable bonds is 4. The van der Waals surface area contributed by atoms with Gasteiger partial charge in [0.25, 0.3) is 0 Å². The molecule has 0 spiro atoms. The summed E-state index contributed by atoms with van der Waals surface area (Å²) in [5.41, 5.74) is 1.12. The number of ether oxygens (including phenoxy) is 1. The molecular weight excluding hydrogens is 188 g/mol. The molecule has 0 fully saturated rings. The number of aromatic nitrogens is 1. The first kappa shape index (κ1) is 10.1. The highest BCUT2D eigenvalue weighted by molar-refractivity contribution is 5.81. The lowest BCUT2D eigenvalue weighted by Crippen LogP contribution is -2.19. The molecule has 2 aromatic rings. The predicted molar refractivity (Wildman–Crippen MR) is 62.3 cm³/mol. The van der Waals surface area contributed by atoms with Crippen molar-refractivity contribution in [2.75, 3.05) is 27.2 Å². The van der Waals surface area contributed by atoms with Crippen LogP contribution in [-0.2, 0) is 0 Å². The second-order valence-corrected chi connectivity index (χ2v) is 3.87. The number of hydrogen-bond acceptors (Lipinski definition) is 2. The largest absolute Gasteiger partial charge is 0.478 e. The molecule has 3 nitrogen and oxygen atoms in total. The normalized spacial score (nSPS) is 11.1. The standard InChI is InChI=1S/C12H16N2O/c1-14(2)7-8-15-12-9-10-5-3-4-6-11(10)13-12/h3-6,9,13H,7-8H2,1-2H3. The first-order chi connectivity index (χ1) is 7.25. The summed E-state index contributed by atoms with van der Waals surface area (Å²) in [7, 11) is 4.07. The Labute approximate surface area is 89.7 Å². The monoisotopic (exact) mass is 204 g/mol. The minimum absolute atomic E-state index is 0.708. The van der Waals surface area contributed by atoms with Gasteiger partial charge in [0, 0.05) is 23.5 Å². The summed E-state index contributed by atoms with van der Waals surface area (Å²) in [5.74, 6) is 0.845. The number of nitrogens with one attached hydrogen (secondary N) is 1. The summed E-state index contributed by atoms with van der Waals surface area (Å²) in [6.45, 7) is 1.63. The minimum atomic E-state index is 0.708. The van der Waals surface area contributed by atoms with Crippen LogP contribution in [0.15, 0.2) is 30.3 Å². The molecule has 0 bridgehead atoms. The van der Waals surface area contributed by atoms with Gasteiger partial charge in [-0.1, -0.05) is 18.2 Å². The van der Waals surface area contributed by atoms with Crippen LogP contribution in [0.4, 0.5) is 0 Å². The van der Waals surface area contributed by atoms with Crippen molar-refractivity contribution in [3.63, 3.8) is 0 Å². The van der Waals surface area contributed by atoms with Crippen LogP contribution in [0.1, 0.15) is 0 Å². The number of para-hydroxylation sites is 1. The Morgan fingerprint density at radius 1 is 1.27 bits per heavy atom.